The number of hydrogen-bond acceptors (Lipinski definition) is 4. The van der Waals surface area contributed by atoms with E-state index >= 15 is 0 Å². The summed E-state index contributed by atoms with van der Waals surface area (Å²) in [6.07, 6.45) is 3.89. The summed E-state index contributed by atoms with van der Waals surface area (Å²) in [4.78, 5) is 29.0. The molecule has 0 aromatic heterocycles. The number of carbonyl (C=O) groups is 2. The van der Waals surface area contributed by atoms with Crippen molar-refractivity contribution in [2.75, 3.05) is 10.8 Å². The van der Waals surface area contributed by atoms with Crippen LogP contribution in [0.2, 0.25) is 10.0 Å². The van der Waals surface area contributed by atoms with Gasteiger partial charge in [-0.05, 0) is 82.0 Å². The fourth-order valence-electron chi connectivity index (χ4n) is 5.25. The highest BCUT2D eigenvalue weighted by Crippen LogP contribution is 2.29. The average molecular weight is 631 g/mol. The topological polar surface area (TPSA) is 86.8 Å². The molecular weight excluding hydrogens is 593 g/mol. The van der Waals surface area contributed by atoms with E-state index in [4.69, 9.17) is 23.2 Å². The van der Waals surface area contributed by atoms with E-state index in [1.165, 1.54) is 17.0 Å². The quantitative estimate of drug-likeness (QED) is 0.274. The van der Waals surface area contributed by atoms with Crippen LogP contribution in [0.4, 0.5) is 5.69 Å². The molecule has 7 nitrogen and oxygen atoms in total. The van der Waals surface area contributed by atoms with E-state index in [2.05, 4.69) is 5.32 Å². The number of halogens is 2. The smallest absolute Gasteiger partial charge is 0.264 e. The molecule has 1 aliphatic carbocycles. The Kier molecular flexibility index (Phi) is 10.2. The summed E-state index contributed by atoms with van der Waals surface area (Å²) >= 11 is 12.4. The Morgan fingerprint density at radius 3 is 2.17 bits per heavy atom. The van der Waals surface area contributed by atoms with Crippen LogP contribution < -0.4 is 9.62 Å². The molecule has 1 fully saturated rings. The number of sulfonamides is 1. The summed E-state index contributed by atoms with van der Waals surface area (Å²) in [5, 5.41) is 3.76. The third kappa shape index (κ3) is 7.46. The molecular formula is C32H37Cl2N3O4S. The predicted molar refractivity (Wildman–Crippen MR) is 168 cm³/mol. The molecule has 10 heteroatoms. The Labute approximate surface area is 258 Å². The highest BCUT2D eigenvalue weighted by molar-refractivity contribution is 7.92. The molecule has 0 saturated heterocycles. The predicted octanol–water partition coefficient (Wildman–Crippen LogP) is 6.59. The van der Waals surface area contributed by atoms with Gasteiger partial charge in [-0.3, -0.25) is 13.9 Å². The number of carbonyl (C=O) groups excluding carboxylic acids is 2. The lowest BCUT2D eigenvalue weighted by atomic mass is 10.1. The van der Waals surface area contributed by atoms with E-state index in [1.807, 2.05) is 32.9 Å². The fourth-order valence-corrected chi connectivity index (χ4v) is 7.04. The molecule has 0 bridgehead atoms. The minimum absolute atomic E-state index is 0.0419. The van der Waals surface area contributed by atoms with Gasteiger partial charge in [0.2, 0.25) is 11.8 Å². The van der Waals surface area contributed by atoms with Gasteiger partial charge in [-0.25, -0.2) is 8.42 Å². The summed E-state index contributed by atoms with van der Waals surface area (Å²) in [6, 6.07) is 16.1. The van der Waals surface area contributed by atoms with E-state index < -0.39 is 28.5 Å². The molecule has 0 radical (unpaired) electrons. The lowest BCUT2D eigenvalue weighted by Crippen LogP contribution is -2.52. The van der Waals surface area contributed by atoms with Crippen LogP contribution in [0.25, 0.3) is 0 Å². The largest absolute Gasteiger partial charge is 0.352 e. The van der Waals surface area contributed by atoms with Gasteiger partial charge in [-0.2, -0.15) is 0 Å². The van der Waals surface area contributed by atoms with Crippen LogP contribution in [-0.4, -0.2) is 43.8 Å². The minimum atomic E-state index is -4.14. The number of nitrogens with zero attached hydrogens (tertiary/aromatic N) is 2. The zero-order valence-corrected chi connectivity index (χ0v) is 26.7. The Morgan fingerprint density at radius 2 is 1.55 bits per heavy atom. The monoisotopic (exact) mass is 629 g/mol. The van der Waals surface area contributed by atoms with Gasteiger partial charge in [0.15, 0.2) is 0 Å². The van der Waals surface area contributed by atoms with Crippen LogP contribution in [0.15, 0.2) is 65.6 Å². The van der Waals surface area contributed by atoms with Gasteiger partial charge in [-0.15, -0.1) is 0 Å². The van der Waals surface area contributed by atoms with Gasteiger partial charge in [-0.1, -0.05) is 77.5 Å². The lowest BCUT2D eigenvalue weighted by molar-refractivity contribution is -0.139. The lowest BCUT2D eigenvalue weighted by Gasteiger charge is -2.33. The normalized spacial score (nSPS) is 14.4. The van der Waals surface area contributed by atoms with Crippen LogP contribution in [0.3, 0.4) is 0 Å². The number of rotatable bonds is 10. The molecule has 1 saturated carbocycles. The van der Waals surface area contributed by atoms with Crippen molar-refractivity contribution in [2.45, 2.75) is 76.9 Å². The summed E-state index contributed by atoms with van der Waals surface area (Å²) in [5.74, 6) is -0.805. The minimum Gasteiger partial charge on any atom is -0.352 e. The van der Waals surface area contributed by atoms with Gasteiger partial charge in [0.25, 0.3) is 10.0 Å². The van der Waals surface area contributed by atoms with Gasteiger partial charge in [0, 0.05) is 12.6 Å². The number of benzene rings is 3. The van der Waals surface area contributed by atoms with Gasteiger partial charge in [0.05, 0.1) is 20.6 Å². The molecule has 0 heterocycles. The number of hydrogen-bond donors (Lipinski definition) is 1. The second kappa shape index (κ2) is 13.5. The molecule has 4 rings (SSSR count). The van der Waals surface area contributed by atoms with Crippen molar-refractivity contribution in [3.63, 3.8) is 0 Å². The molecule has 42 heavy (non-hydrogen) atoms. The first-order valence-electron chi connectivity index (χ1n) is 14.1. The van der Waals surface area contributed by atoms with Crippen LogP contribution in [0.1, 0.15) is 54.9 Å². The molecule has 1 N–H and O–H groups in total. The van der Waals surface area contributed by atoms with Crippen molar-refractivity contribution in [1.29, 1.82) is 0 Å². The Hall–Kier alpha value is -3.07. The average Bonchev–Trinajstić information content (AvgIpc) is 3.45. The molecule has 1 aliphatic rings. The highest BCUT2D eigenvalue weighted by atomic mass is 35.5. The maximum absolute atomic E-state index is 14.2. The van der Waals surface area contributed by atoms with E-state index in [-0.39, 0.29) is 23.4 Å². The van der Waals surface area contributed by atoms with E-state index in [1.54, 1.807) is 43.3 Å². The summed E-state index contributed by atoms with van der Waals surface area (Å²) < 4.78 is 29.3. The summed E-state index contributed by atoms with van der Waals surface area (Å²) in [7, 11) is -4.14. The van der Waals surface area contributed by atoms with Crippen molar-refractivity contribution < 1.29 is 18.0 Å². The first kappa shape index (κ1) is 31.9. The molecule has 3 aromatic rings. The Morgan fingerprint density at radius 1 is 0.905 bits per heavy atom. The van der Waals surface area contributed by atoms with Crippen molar-refractivity contribution in [3.05, 3.63) is 93.0 Å². The fraction of sp³-hybridized carbons (Fsp3) is 0.375. The SMILES string of the molecule is Cc1ccc(S(=O)(=O)N(CC(=O)N(Cc2ccc(Cl)c(Cl)c2)C(C)C(=O)NC2CCCC2)c2ccc(C)cc2C)cc1. The first-order valence-corrected chi connectivity index (χ1v) is 16.3. The molecule has 1 unspecified atom stereocenters. The first-order chi connectivity index (χ1) is 19.9. The van der Waals surface area contributed by atoms with Crippen LogP contribution >= 0.6 is 23.2 Å². The molecule has 3 aromatic carbocycles. The second-order valence-corrected chi connectivity index (χ2v) is 13.7. The third-order valence-electron chi connectivity index (χ3n) is 7.71. The molecule has 0 aliphatic heterocycles. The van der Waals surface area contributed by atoms with Crippen LogP contribution in [0, 0.1) is 20.8 Å². The summed E-state index contributed by atoms with van der Waals surface area (Å²) in [6.45, 7) is 6.82. The number of nitrogens with one attached hydrogen (secondary N) is 1. The van der Waals surface area contributed by atoms with Crippen molar-refractivity contribution in [3.8, 4) is 0 Å². The molecule has 1 atom stereocenters. The van der Waals surface area contributed by atoms with Crippen molar-refractivity contribution >= 4 is 50.7 Å². The Bertz CT molecular complexity index is 1550. The molecule has 0 spiro atoms. The third-order valence-corrected chi connectivity index (χ3v) is 10.2. The van der Waals surface area contributed by atoms with Gasteiger partial charge < -0.3 is 10.2 Å². The standard InChI is InChI=1S/C32H37Cl2N3O4S/c1-21-9-13-27(14-10-21)42(40,41)37(30-16-11-22(2)17-23(30)3)20-31(38)36(19-25-12-15-28(33)29(34)18-25)24(4)32(39)35-26-7-5-6-8-26/h9-18,24,26H,5-8,19-20H2,1-4H3,(H,35,39). The van der Waals surface area contributed by atoms with E-state index in [0.29, 0.717) is 26.9 Å². The molecule has 224 valence electrons. The highest BCUT2D eigenvalue weighted by Gasteiger charge is 2.34. The second-order valence-electron chi connectivity index (χ2n) is 11.1. The van der Waals surface area contributed by atoms with Gasteiger partial charge >= 0.3 is 0 Å². The zero-order valence-electron chi connectivity index (χ0n) is 24.4. The van der Waals surface area contributed by atoms with Gasteiger partial charge in [0.1, 0.15) is 12.6 Å². The van der Waals surface area contributed by atoms with Crippen LogP contribution in [-0.2, 0) is 26.2 Å². The number of aryl methyl sites for hydroxylation is 3. The van der Waals surface area contributed by atoms with E-state index in [9.17, 15) is 18.0 Å². The van der Waals surface area contributed by atoms with Crippen molar-refractivity contribution in [2.24, 2.45) is 0 Å². The zero-order chi connectivity index (χ0) is 30.6. The van der Waals surface area contributed by atoms with Crippen molar-refractivity contribution in [1.82, 2.24) is 10.2 Å². The summed E-state index contributed by atoms with van der Waals surface area (Å²) in [5.41, 5.74) is 3.65. The van der Waals surface area contributed by atoms with Crippen LogP contribution in [0.5, 0.6) is 0 Å². The molecule has 2 amide bonds. The maximum Gasteiger partial charge on any atom is 0.264 e. The van der Waals surface area contributed by atoms with E-state index in [0.717, 1.165) is 41.1 Å². The maximum atomic E-state index is 14.2. The number of anilines is 1. The Balaban J connectivity index is 1.72. The number of amides is 2.